The van der Waals surface area contributed by atoms with E-state index in [1.54, 1.807) is 0 Å². The van der Waals surface area contributed by atoms with Gasteiger partial charge in [0.1, 0.15) is 0 Å². The summed E-state index contributed by atoms with van der Waals surface area (Å²) in [6.07, 6.45) is 1.37. The standard InChI is InChI=1S/C10H11BrO/c11-9-6-7-12-10(9)8-4-2-1-3-5-8/h1-5,9-10H,6-7H2. The monoisotopic (exact) mass is 226 g/mol. The Morgan fingerprint density at radius 2 is 2.00 bits per heavy atom. The van der Waals surface area contributed by atoms with Crippen LogP contribution in [0, 0.1) is 0 Å². The van der Waals surface area contributed by atoms with Crippen LogP contribution in [0.2, 0.25) is 0 Å². The summed E-state index contributed by atoms with van der Waals surface area (Å²) in [6.45, 7) is 0.871. The van der Waals surface area contributed by atoms with Crippen molar-refractivity contribution in [3.63, 3.8) is 0 Å². The lowest BCUT2D eigenvalue weighted by Gasteiger charge is -2.12. The van der Waals surface area contributed by atoms with Crippen molar-refractivity contribution < 1.29 is 4.74 Å². The van der Waals surface area contributed by atoms with Crippen LogP contribution in [0.15, 0.2) is 30.3 Å². The number of benzene rings is 1. The molecule has 0 aliphatic carbocycles. The Labute approximate surface area is 80.9 Å². The van der Waals surface area contributed by atoms with Gasteiger partial charge in [-0.15, -0.1) is 0 Å². The van der Waals surface area contributed by atoms with Gasteiger partial charge >= 0.3 is 0 Å². The van der Waals surface area contributed by atoms with Crippen molar-refractivity contribution in [2.24, 2.45) is 0 Å². The van der Waals surface area contributed by atoms with Gasteiger partial charge in [-0.05, 0) is 12.0 Å². The molecule has 12 heavy (non-hydrogen) atoms. The van der Waals surface area contributed by atoms with Gasteiger partial charge in [-0.3, -0.25) is 0 Å². The van der Waals surface area contributed by atoms with Gasteiger partial charge in [0, 0.05) is 11.4 Å². The topological polar surface area (TPSA) is 9.23 Å². The first-order valence-corrected chi connectivity index (χ1v) is 5.10. The molecule has 64 valence electrons. The normalized spacial score (nSPS) is 29.1. The molecule has 1 fully saturated rings. The van der Waals surface area contributed by atoms with Crippen LogP contribution in [0.1, 0.15) is 18.1 Å². The van der Waals surface area contributed by atoms with Gasteiger partial charge in [-0.1, -0.05) is 46.3 Å². The van der Waals surface area contributed by atoms with Gasteiger partial charge in [0.25, 0.3) is 0 Å². The van der Waals surface area contributed by atoms with Crippen molar-refractivity contribution in [1.29, 1.82) is 0 Å². The second-order valence-corrected chi connectivity index (χ2v) is 4.18. The van der Waals surface area contributed by atoms with Crippen molar-refractivity contribution in [3.05, 3.63) is 35.9 Å². The quantitative estimate of drug-likeness (QED) is 0.670. The molecule has 2 unspecified atom stereocenters. The van der Waals surface area contributed by atoms with Crippen LogP contribution in [0.5, 0.6) is 0 Å². The molecule has 0 bridgehead atoms. The zero-order valence-corrected chi connectivity index (χ0v) is 8.33. The third-order valence-corrected chi connectivity index (χ3v) is 3.09. The largest absolute Gasteiger partial charge is 0.372 e. The molecule has 0 spiro atoms. The number of halogens is 1. The van der Waals surface area contributed by atoms with Crippen LogP contribution < -0.4 is 0 Å². The van der Waals surface area contributed by atoms with E-state index < -0.39 is 0 Å². The fourth-order valence-electron chi connectivity index (χ4n) is 1.51. The first kappa shape index (κ1) is 8.27. The van der Waals surface area contributed by atoms with Gasteiger partial charge in [-0.25, -0.2) is 0 Å². The van der Waals surface area contributed by atoms with E-state index in [1.807, 2.05) is 6.07 Å². The Kier molecular flexibility index (Phi) is 2.47. The highest BCUT2D eigenvalue weighted by Gasteiger charge is 2.26. The minimum atomic E-state index is 0.256. The van der Waals surface area contributed by atoms with Crippen LogP contribution in [0.25, 0.3) is 0 Å². The van der Waals surface area contributed by atoms with Crippen molar-refractivity contribution in [3.8, 4) is 0 Å². The van der Waals surface area contributed by atoms with Gasteiger partial charge in [0.05, 0.1) is 6.10 Å². The highest BCUT2D eigenvalue weighted by atomic mass is 79.9. The third-order valence-electron chi connectivity index (χ3n) is 2.15. The molecule has 0 radical (unpaired) electrons. The maximum Gasteiger partial charge on any atom is 0.0950 e. The summed E-state index contributed by atoms with van der Waals surface area (Å²) in [5, 5.41) is 0. The molecular weight excluding hydrogens is 216 g/mol. The molecule has 1 heterocycles. The summed E-state index contributed by atoms with van der Waals surface area (Å²) in [7, 11) is 0. The van der Waals surface area contributed by atoms with E-state index in [-0.39, 0.29) is 6.10 Å². The average molecular weight is 227 g/mol. The average Bonchev–Trinajstić information content (AvgIpc) is 2.53. The third kappa shape index (κ3) is 1.54. The van der Waals surface area contributed by atoms with E-state index in [0.717, 1.165) is 13.0 Å². The number of alkyl halides is 1. The minimum Gasteiger partial charge on any atom is -0.372 e. The van der Waals surface area contributed by atoms with Crippen molar-refractivity contribution in [2.75, 3.05) is 6.61 Å². The second kappa shape index (κ2) is 3.58. The zero-order chi connectivity index (χ0) is 8.39. The molecule has 2 rings (SSSR count). The molecule has 0 aromatic heterocycles. The predicted molar refractivity (Wildman–Crippen MR) is 52.5 cm³/mol. The highest BCUT2D eigenvalue weighted by Crippen LogP contribution is 2.33. The lowest BCUT2D eigenvalue weighted by Crippen LogP contribution is -2.05. The lowest BCUT2D eigenvalue weighted by atomic mass is 10.1. The first-order chi connectivity index (χ1) is 5.88. The molecular formula is C10H11BrO. The summed E-state index contributed by atoms with van der Waals surface area (Å²) >= 11 is 3.62. The molecule has 1 saturated heterocycles. The second-order valence-electron chi connectivity index (χ2n) is 3.01. The van der Waals surface area contributed by atoms with Crippen molar-refractivity contribution in [2.45, 2.75) is 17.4 Å². The van der Waals surface area contributed by atoms with Gasteiger partial charge < -0.3 is 4.74 Å². The molecule has 2 atom stereocenters. The van der Waals surface area contributed by atoms with Crippen LogP contribution >= 0.6 is 15.9 Å². The molecule has 1 aliphatic rings. The fourth-order valence-corrected chi connectivity index (χ4v) is 2.16. The minimum absolute atomic E-state index is 0.256. The van der Waals surface area contributed by atoms with Crippen molar-refractivity contribution >= 4 is 15.9 Å². The molecule has 0 N–H and O–H groups in total. The molecule has 2 heteroatoms. The highest BCUT2D eigenvalue weighted by molar-refractivity contribution is 9.09. The van der Waals surface area contributed by atoms with E-state index >= 15 is 0 Å². The van der Waals surface area contributed by atoms with Crippen molar-refractivity contribution in [1.82, 2.24) is 0 Å². The van der Waals surface area contributed by atoms with Crippen LogP contribution in [0.4, 0.5) is 0 Å². The summed E-state index contributed by atoms with van der Waals surface area (Å²) in [5.41, 5.74) is 1.27. The Bertz CT molecular complexity index is 247. The summed E-state index contributed by atoms with van der Waals surface area (Å²) < 4.78 is 5.60. The van der Waals surface area contributed by atoms with Gasteiger partial charge in [0.15, 0.2) is 0 Å². The summed E-state index contributed by atoms with van der Waals surface area (Å²) in [6, 6.07) is 10.4. The Morgan fingerprint density at radius 1 is 1.25 bits per heavy atom. The van der Waals surface area contributed by atoms with E-state index in [9.17, 15) is 0 Å². The van der Waals surface area contributed by atoms with E-state index in [4.69, 9.17) is 4.74 Å². The Morgan fingerprint density at radius 3 is 2.58 bits per heavy atom. The molecule has 0 amide bonds. The number of rotatable bonds is 1. The Hall–Kier alpha value is -0.340. The first-order valence-electron chi connectivity index (χ1n) is 4.18. The molecule has 1 aromatic carbocycles. The molecule has 1 aromatic rings. The van der Waals surface area contributed by atoms with E-state index in [2.05, 4.69) is 40.2 Å². The van der Waals surface area contributed by atoms with Crippen LogP contribution in [0.3, 0.4) is 0 Å². The summed E-state index contributed by atoms with van der Waals surface area (Å²) in [5.74, 6) is 0. The molecule has 0 saturated carbocycles. The van der Waals surface area contributed by atoms with Gasteiger partial charge in [-0.2, -0.15) is 0 Å². The lowest BCUT2D eigenvalue weighted by molar-refractivity contribution is 0.114. The predicted octanol–water partition coefficient (Wildman–Crippen LogP) is 2.91. The zero-order valence-electron chi connectivity index (χ0n) is 6.74. The summed E-state index contributed by atoms with van der Waals surface area (Å²) in [4.78, 5) is 0.486. The van der Waals surface area contributed by atoms with Crippen LogP contribution in [-0.2, 0) is 4.74 Å². The maximum absolute atomic E-state index is 5.60. The number of hydrogen-bond acceptors (Lipinski definition) is 1. The fraction of sp³-hybridized carbons (Fsp3) is 0.400. The van der Waals surface area contributed by atoms with Gasteiger partial charge in [0.2, 0.25) is 0 Å². The number of ether oxygens (including phenoxy) is 1. The van der Waals surface area contributed by atoms with E-state index in [0.29, 0.717) is 4.83 Å². The smallest absolute Gasteiger partial charge is 0.0950 e. The SMILES string of the molecule is BrC1CCOC1c1ccccc1. The molecule has 1 aliphatic heterocycles. The number of hydrogen-bond donors (Lipinski definition) is 0. The maximum atomic E-state index is 5.60. The van der Waals surface area contributed by atoms with Crippen LogP contribution in [-0.4, -0.2) is 11.4 Å². The van der Waals surface area contributed by atoms with E-state index in [1.165, 1.54) is 5.56 Å². The Balaban J connectivity index is 2.19. The molecule has 1 nitrogen and oxygen atoms in total.